The second-order valence-electron chi connectivity index (χ2n) is 6.64. The summed E-state index contributed by atoms with van der Waals surface area (Å²) in [5.74, 6) is 3.21. The first-order valence-electron chi connectivity index (χ1n) is 6.70. The van der Waals surface area contributed by atoms with E-state index >= 15 is 0 Å². The molecule has 2 heteroatoms. The molecule has 2 saturated carbocycles. The molecule has 2 N–H and O–H groups in total. The lowest BCUT2D eigenvalue weighted by Crippen LogP contribution is -2.40. The van der Waals surface area contributed by atoms with Crippen molar-refractivity contribution >= 4 is 0 Å². The summed E-state index contributed by atoms with van der Waals surface area (Å²) in [5, 5.41) is 13.6. The fourth-order valence-electron chi connectivity index (χ4n) is 3.34. The smallest absolute Gasteiger partial charge is 0.0918 e. The van der Waals surface area contributed by atoms with Gasteiger partial charge in [-0.3, -0.25) is 0 Å². The second kappa shape index (κ2) is 3.49. The number of hydrogen-bond acceptors (Lipinski definition) is 2. The molecule has 0 spiro atoms. The van der Waals surface area contributed by atoms with Crippen LogP contribution in [0.2, 0.25) is 0 Å². The topological polar surface area (TPSA) is 32.3 Å². The fourth-order valence-corrected chi connectivity index (χ4v) is 3.34. The predicted octanol–water partition coefficient (Wildman–Crippen LogP) is 3.01. The normalized spacial score (nSPS) is 39.9. The van der Waals surface area contributed by atoms with Gasteiger partial charge in [-0.25, -0.2) is 0 Å². The van der Waals surface area contributed by atoms with E-state index in [4.69, 9.17) is 0 Å². The minimum Gasteiger partial charge on any atom is -0.512 e. The van der Waals surface area contributed by atoms with E-state index in [9.17, 15) is 5.11 Å². The van der Waals surface area contributed by atoms with Crippen LogP contribution >= 0.6 is 0 Å². The summed E-state index contributed by atoms with van der Waals surface area (Å²) in [7, 11) is 0. The lowest BCUT2D eigenvalue weighted by atomic mass is 9.96. The molecule has 0 amide bonds. The molecule has 2 aliphatic carbocycles. The Morgan fingerprint density at radius 1 is 1.44 bits per heavy atom. The van der Waals surface area contributed by atoms with Gasteiger partial charge in [0.25, 0.3) is 0 Å². The zero-order chi connectivity index (χ0) is 11.3. The summed E-state index contributed by atoms with van der Waals surface area (Å²) in [5.41, 5.74) is 1.62. The molecule has 3 atom stereocenters. The summed E-state index contributed by atoms with van der Waals surface area (Å²) < 4.78 is 0. The predicted molar refractivity (Wildman–Crippen MR) is 65.3 cm³/mol. The zero-order valence-electron chi connectivity index (χ0n) is 10.4. The van der Waals surface area contributed by atoms with Crippen LogP contribution in [0.5, 0.6) is 0 Å². The van der Waals surface area contributed by atoms with Crippen LogP contribution in [-0.2, 0) is 0 Å². The molecule has 2 unspecified atom stereocenters. The highest BCUT2D eigenvalue weighted by Gasteiger charge is 2.47. The van der Waals surface area contributed by atoms with Gasteiger partial charge in [0.2, 0.25) is 0 Å². The van der Waals surface area contributed by atoms with Gasteiger partial charge in [0.05, 0.1) is 5.76 Å². The Morgan fingerprint density at radius 2 is 2.19 bits per heavy atom. The van der Waals surface area contributed by atoms with Crippen LogP contribution < -0.4 is 5.32 Å². The van der Waals surface area contributed by atoms with Gasteiger partial charge in [-0.2, -0.15) is 0 Å². The van der Waals surface area contributed by atoms with Crippen LogP contribution in [-0.4, -0.2) is 17.2 Å². The first-order valence-corrected chi connectivity index (χ1v) is 6.70. The van der Waals surface area contributed by atoms with E-state index in [0.29, 0.717) is 11.5 Å². The Bertz CT molecular complexity index is 326. The van der Waals surface area contributed by atoms with Crippen LogP contribution in [0.3, 0.4) is 0 Å². The van der Waals surface area contributed by atoms with E-state index < -0.39 is 0 Å². The van der Waals surface area contributed by atoms with Crippen molar-refractivity contribution in [3.05, 3.63) is 11.3 Å². The van der Waals surface area contributed by atoms with Crippen LogP contribution in [0, 0.1) is 17.8 Å². The minimum atomic E-state index is 0.302. The van der Waals surface area contributed by atoms with Gasteiger partial charge in [-0.1, -0.05) is 0 Å². The monoisotopic (exact) mass is 221 g/mol. The number of aliphatic hydroxyl groups excluding tert-OH is 1. The van der Waals surface area contributed by atoms with Crippen molar-refractivity contribution < 1.29 is 5.11 Å². The third-order valence-electron chi connectivity index (χ3n) is 4.56. The van der Waals surface area contributed by atoms with Gasteiger partial charge in [0.15, 0.2) is 0 Å². The van der Waals surface area contributed by atoms with E-state index in [0.717, 1.165) is 43.4 Å². The van der Waals surface area contributed by atoms with Gasteiger partial charge in [0, 0.05) is 12.0 Å². The molecule has 90 valence electrons. The molecule has 1 aliphatic heterocycles. The van der Waals surface area contributed by atoms with Crippen molar-refractivity contribution in [2.24, 2.45) is 17.8 Å². The van der Waals surface area contributed by atoms with E-state index in [1.54, 1.807) is 0 Å². The number of allylic oxidation sites excluding steroid dienone is 2. The Balaban J connectivity index is 1.66. The van der Waals surface area contributed by atoms with Crippen LogP contribution in [0.4, 0.5) is 0 Å². The number of aliphatic hydroxyl groups is 1. The van der Waals surface area contributed by atoms with Gasteiger partial charge < -0.3 is 10.4 Å². The van der Waals surface area contributed by atoms with Gasteiger partial charge >= 0.3 is 0 Å². The molecule has 3 aliphatic rings. The molecule has 0 aromatic rings. The lowest BCUT2D eigenvalue weighted by Gasteiger charge is -2.26. The highest BCUT2D eigenvalue weighted by Crippen LogP contribution is 2.52. The lowest BCUT2D eigenvalue weighted by molar-refractivity contribution is 0.308. The third kappa shape index (κ3) is 2.13. The number of rotatable bonds is 2. The van der Waals surface area contributed by atoms with E-state index in [1.807, 2.05) is 0 Å². The molecular formula is C14H23NO. The Morgan fingerprint density at radius 3 is 2.88 bits per heavy atom. The highest BCUT2D eigenvalue weighted by molar-refractivity contribution is 5.21. The van der Waals surface area contributed by atoms with Crippen molar-refractivity contribution in [2.45, 2.75) is 51.5 Å². The molecule has 2 nitrogen and oxygen atoms in total. The standard InChI is InChI=1S/C14H23NO/c1-14(2)7-10-5-12(10)11(8-15-14)6-13(16)9-3-4-9/h10-12,15-16H,3-8H2,1-2H3/t10?,11-,12?/m0/s1. The number of nitrogens with one attached hydrogen (secondary N) is 1. The van der Waals surface area contributed by atoms with E-state index in [-0.39, 0.29) is 0 Å². The number of hydrogen-bond donors (Lipinski definition) is 2. The van der Waals surface area contributed by atoms with Crippen LogP contribution in [0.25, 0.3) is 0 Å². The summed E-state index contributed by atoms with van der Waals surface area (Å²) in [6.07, 6.45) is 5.93. The molecule has 1 heterocycles. The minimum absolute atomic E-state index is 0.302. The van der Waals surface area contributed by atoms with Gasteiger partial charge in [-0.15, -0.1) is 0 Å². The van der Waals surface area contributed by atoms with Crippen molar-refractivity contribution in [1.82, 2.24) is 5.32 Å². The largest absolute Gasteiger partial charge is 0.512 e. The molecule has 3 fully saturated rings. The maximum Gasteiger partial charge on any atom is 0.0918 e. The Kier molecular flexibility index (Phi) is 2.32. The average molecular weight is 221 g/mol. The van der Waals surface area contributed by atoms with Crippen molar-refractivity contribution in [3.63, 3.8) is 0 Å². The summed E-state index contributed by atoms with van der Waals surface area (Å²) in [6, 6.07) is 0. The molecule has 3 rings (SSSR count). The third-order valence-corrected chi connectivity index (χ3v) is 4.56. The molecule has 0 aromatic heterocycles. The van der Waals surface area contributed by atoms with Crippen molar-refractivity contribution in [3.8, 4) is 0 Å². The highest BCUT2D eigenvalue weighted by atomic mass is 16.3. The molecule has 0 bridgehead atoms. The summed E-state index contributed by atoms with van der Waals surface area (Å²) in [4.78, 5) is 0. The second-order valence-corrected chi connectivity index (χ2v) is 6.64. The SMILES string of the molecule is CC1(C)CC2CC2[C@@H](CC(O)=C2CC2)CN1. The zero-order valence-corrected chi connectivity index (χ0v) is 10.4. The molecule has 0 radical (unpaired) electrons. The van der Waals surface area contributed by atoms with Gasteiger partial charge in [-0.05, 0) is 69.4 Å². The molecule has 1 saturated heterocycles. The van der Waals surface area contributed by atoms with Crippen LogP contribution in [0.15, 0.2) is 11.3 Å². The molecular weight excluding hydrogens is 198 g/mol. The first kappa shape index (κ1) is 10.6. The number of fused-ring (bicyclic) bond motifs is 1. The first-order chi connectivity index (χ1) is 7.55. The molecule has 0 aromatic carbocycles. The maximum atomic E-state index is 9.95. The summed E-state index contributed by atoms with van der Waals surface area (Å²) >= 11 is 0. The maximum absolute atomic E-state index is 9.95. The Labute approximate surface area is 98.1 Å². The van der Waals surface area contributed by atoms with Crippen molar-refractivity contribution in [2.75, 3.05) is 6.54 Å². The average Bonchev–Trinajstić information content (AvgIpc) is 2.99. The van der Waals surface area contributed by atoms with Gasteiger partial charge in [0.1, 0.15) is 0 Å². The summed E-state index contributed by atoms with van der Waals surface area (Å²) in [6.45, 7) is 5.71. The van der Waals surface area contributed by atoms with E-state index in [1.165, 1.54) is 18.4 Å². The van der Waals surface area contributed by atoms with Crippen LogP contribution in [0.1, 0.15) is 46.0 Å². The van der Waals surface area contributed by atoms with E-state index in [2.05, 4.69) is 19.2 Å². The fraction of sp³-hybridized carbons (Fsp3) is 0.857. The quantitative estimate of drug-likeness (QED) is 0.703. The molecule has 16 heavy (non-hydrogen) atoms. The Hall–Kier alpha value is -0.500. The van der Waals surface area contributed by atoms with Crippen molar-refractivity contribution in [1.29, 1.82) is 0 Å².